The van der Waals surface area contributed by atoms with Crippen LogP contribution in [0, 0.1) is 10.1 Å². The van der Waals surface area contributed by atoms with Crippen LogP contribution in [-0.4, -0.2) is 58.4 Å². The highest BCUT2D eigenvalue weighted by atomic mass is 32.2. The van der Waals surface area contributed by atoms with Crippen LogP contribution in [0.25, 0.3) is 0 Å². The molecule has 1 aromatic carbocycles. The third kappa shape index (κ3) is 6.19. The number of carbonyl (C=O) groups excluding carboxylic acids is 1. The van der Waals surface area contributed by atoms with E-state index in [2.05, 4.69) is 37.9 Å². The zero-order chi connectivity index (χ0) is 20.2. The maximum absolute atomic E-state index is 12.5. The number of nitro groups is 1. The molecular formula is C19H29N3O4S. The number of amides is 1. The van der Waals surface area contributed by atoms with E-state index in [1.807, 2.05) is 6.92 Å². The number of nitrogens with zero attached hydrogens (tertiary/aromatic N) is 2. The normalized spacial score (nSPS) is 22.3. The van der Waals surface area contributed by atoms with Crippen molar-refractivity contribution in [3.63, 3.8) is 0 Å². The third-order valence-electron chi connectivity index (χ3n) is 4.70. The molecule has 3 unspecified atom stereocenters. The second kappa shape index (κ2) is 9.03. The molecule has 1 aliphatic heterocycles. The largest absolute Gasteiger partial charge is 0.373 e. The fraction of sp³-hybridized carbons (Fsp3) is 0.632. The maximum atomic E-state index is 12.5. The van der Waals surface area contributed by atoms with Gasteiger partial charge in [-0.05, 0) is 46.8 Å². The predicted octanol–water partition coefficient (Wildman–Crippen LogP) is 3.08. The van der Waals surface area contributed by atoms with Gasteiger partial charge in [-0.15, -0.1) is 11.8 Å². The van der Waals surface area contributed by atoms with Crippen LogP contribution in [0.2, 0.25) is 0 Å². The second-order valence-electron chi connectivity index (χ2n) is 7.70. The van der Waals surface area contributed by atoms with Crippen LogP contribution < -0.4 is 5.32 Å². The molecule has 1 N–H and O–H groups in total. The van der Waals surface area contributed by atoms with Gasteiger partial charge < -0.3 is 10.1 Å². The van der Waals surface area contributed by atoms with Crippen LogP contribution in [0.1, 0.15) is 34.6 Å². The van der Waals surface area contributed by atoms with Gasteiger partial charge >= 0.3 is 0 Å². The van der Waals surface area contributed by atoms with Gasteiger partial charge in [-0.3, -0.25) is 19.8 Å². The van der Waals surface area contributed by atoms with Crippen LogP contribution in [-0.2, 0) is 9.53 Å². The van der Waals surface area contributed by atoms with Crippen LogP contribution in [0.5, 0.6) is 0 Å². The lowest BCUT2D eigenvalue weighted by atomic mass is 10.00. The van der Waals surface area contributed by atoms with Crippen molar-refractivity contribution in [3.8, 4) is 0 Å². The molecule has 1 fully saturated rings. The first-order valence-electron chi connectivity index (χ1n) is 9.18. The molecule has 2 rings (SSSR count). The third-order valence-corrected chi connectivity index (χ3v) is 5.81. The quantitative estimate of drug-likeness (QED) is 0.434. The van der Waals surface area contributed by atoms with Gasteiger partial charge in [0.15, 0.2) is 0 Å². The van der Waals surface area contributed by atoms with Gasteiger partial charge in [-0.2, -0.15) is 0 Å². The number of morpholine rings is 1. The average Bonchev–Trinajstić information content (AvgIpc) is 2.59. The summed E-state index contributed by atoms with van der Waals surface area (Å²) in [6.07, 6.45) is 0.362. The Morgan fingerprint density at radius 2 is 1.89 bits per heavy atom. The van der Waals surface area contributed by atoms with Gasteiger partial charge in [0.1, 0.15) is 0 Å². The number of benzene rings is 1. The van der Waals surface area contributed by atoms with Crippen molar-refractivity contribution in [2.75, 3.05) is 19.6 Å². The van der Waals surface area contributed by atoms with Crippen molar-refractivity contribution in [2.45, 2.75) is 62.5 Å². The molecule has 8 heteroatoms. The molecular weight excluding hydrogens is 366 g/mol. The first kappa shape index (κ1) is 21.7. The van der Waals surface area contributed by atoms with Crippen LogP contribution in [0.3, 0.4) is 0 Å². The highest BCUT2D eigenvalue weighted by molar-refractivity contribution is 8.00. The van der Waals surface area contributed by atoms with Crippen molar-refractivity contribution in [2.24, 2.45) is 0 Å². The number of rotatable bonds is 7. The SMILES string of the molecule is CC1CN(C(C)(C)CNC(=O)C(C)Sc2ccc([N+](=O)[O-])cc2)CC(C)O1. The first-order chi connectivity index (χ1) is 12.6. The van der Waals surface area contributed by atoms with E-state index < -0.39 is 4.92 Å². The topological polar surface area (TPSA) is 84.7 Å². The minimum atomic E-state index is -0.431. The molecule has 0 aromatic heterocycles. The molecule has 27 heavy (non-hydrogen) atoms. The van der Waals surface area contributed by atoms with E-state index in [9.17, 15) is 14.9 Å². The lowest BCUT2D eigenvalue weighted by molar-refractivity contribution is -0.384. The molecule has 3 atom stereocenters. The minimum Gasteiger partial charge on any atom is -0.373 e. The van der Waals surface area contributed by atoms with Crippen LogP contribution in [0.4, 0.5) is 5.69 Å². The van der Waals surface area contributed by atoms with Gasteiger partial charge in [-0.25, -0.2) is 0 Å². The standard InChI is InChI=1S/C19H29N3O4S/c1-13-10-21(11-14(2)26-13)19(4,5)12-20-18(23)15(3)27-17-8-6-16(7-9-17)22(24)25/h6-9,13-15H,10-12H2,1-5H3,(H,20,23). The molecule has 1 heterocycles. The summed E-state index contributed by atoms with van der Waals surface area (Å²) in [5.41, 5.74) is -0.119. The Bertz CT molecular complexity index is 655. The van der Waals surface area contributed by atoms with Gasteiger partial charge in [-0.1, -0.05) is 0 Å². The lowest BCUT2D eigenvalue weighted by Gasteiger charge is -2.45. The van der Waals surface area contributed by atoms with E-state index in [0.29, 0.717) is 6.54 Å². The van der Waals surface area contributed by atoms with E-state index in [4.69, 9.17) is 4.74 Å². The first-order valence-corrected chi connectivity index (χ1v) is 10.1. The molecule has 1 aliphatic rings. The highest BCUT2D eigenvalue weighted by Gasteiger charge is 2.33. The summed E-state index contributed by atoms with van der Waals surface area (Å²) in [6, 6.07) is 6.26. The van der Waals surface area contributed by atoms with Gasteiger partial charge in [0.05, 0.1) is 22.4 Å². The molecule has 0 radical (unpaired) electrons. The Balaban J connectivity index is 1.87. The van der Waals surface area contributed by atoms with E-state index in [1.165, 1.54) is 23.9 Å². The number of thioether (sulfide) groups is 1. The highest BCUT2D eigenvalue weighted by Crippen LogP contribution is 2.26. The number of carbonyl (C=O) groups is 1. The van der Waals surface area contributed by atoms with E-state index in [-0.39, 0.29) is 34.6 Å². The number of nitrogens with one attached hydrogen (secondary N) is 1. The van der Waals surface area contributed by atoms with Crippen molar-refractivity contribution < 1.29 is 14.5 Å². The summed E-state index contributed by atoms with van der Waals surface area (Å²) in [7, 11) is 0. The summed E-state index contributed by atoms with van der Waals surface area (Å²) in [5, 5.41) is 13.5. The summed E-state index contributed by atoms with van der Waals surface area (Å²) in [5.74, 6) is -0.0409. The Morgan fingerprint density at radius 1 is 1.33 bits per heavy atom. The summed E-state index contributed by atoms with van der Waals surface area (Å²) >= 11 is 1.39. The van der Waals surface area contributed by atoms with Crippen LogP contribution >= 0.6 is 11.8 Å². The monoisotopic (exact) mass is 395 g/mol. The summed E-state index contributed by atoms with van der Waals surface area (Å²) < 4.78 is 5.79. The van der Waals surface area contributed by atoms with Gasteiger partial charge in [0.25, 0.3) is 5.69 Å². The number of non-ortho nitro benzene ring substituents is 1. The van der Waals surface area contributed by atoms with Crippen molar-refractivity contribution >= 4 is 23.4 Å². The van der Waals surface area contributed by atoms with Crippen molar-refractivity contribution in [1.29, 1.82) is 0 Å². The van der Waals surface area contributed by atoms with Gasteiger partial charge in [0, 0.05) is 42.2 Å². The molecule has 1 amide bonds. The van der Waals surface area contributed by atoms with E-state index in [0.717, 1.165) is 18.0 Å². The van der Waals surface area contributed by atoms with E-state index in [1.54, 1.807) is 12.1 Å². The second-order valence-corrected chi connectivity index (χ2v) is 9.12. The molecule has 1 saturated heterocycles. The number of nitro benzene ring substituents is 1. The van der Waals surface area contributed by atoms with Crippen molar-refractivity contribution in [3.05, 3.63) is 34.4 Å². The average molecular weight is 396 g/mol. The lowest BCUT2D eigenvalue weighted by Crippen LogP contribution is -2.59. The predicted molar refractivity (Wildman–Crippen MR) is 107 cm³/mol. The molecule has 150 valence electrons. The summed E-state index contributed by atoms with van der Waals surface area (Å²) in [6.45, 7) is 12.5. The molecule has 1 aromatic rings. The Morgan fingerprint density at radius 3 is 2.41 bits per heavy atom. The zero-order valence-electron chi connectivity index (χ0n) is 16.6. The number of hydrogen-bond donors (Lipinski definition) is 1. The fourth-order valence-corrected chi connectivity index (χ4v) is 4.03. The number of hydrogen-bond acceptors (Lipinski definition) is 6. The molecule has 0 spiro atoms. The van der Waals surface area contributed by atoms with Crippen molar-refractivity contribution in [1.82, 2.24) is 10.2 Å². The molecule has 0 bridgehead atoms. The maximum Gasteiger partial charge on any atom is 0.269 e. The smallest absolute Gasteiger partial charge is 0.269 e. The Hall–Kier alpha value is -1.64. The molecule has 7 nitrogen and oxygen atoms in total. The Labute approximate surface area is 165 Å². The van der Waals surface area contributed by atoms with Crippen LogP contribution in [0.15, 0.2) is 29.2 Å². The molecule has 0 aliphatic carbocycles. The minimum absolute atomic E-state index is 0.0409. The number of ether oxygens (including phenoxy) is 1. The Kier molecular flexibility index (Phi) is 7.25. The zero-order valence-corrected chi connectivity index (χ0v) is 17.4. The summed E-state index contributed by atoms with van der Waals surface area (Å²) in [4.78, 5) is 26.0. The van der Waals surface area contributed by atoms with E-state index >= 15 is 0 Å². The fourth-order valence-electron chi connectivity index (χ4n) is 3.14. The van der Waals surface area contributed by atoms with Gasteiger partial charge in [0.2, 0.25) is 5.91 Å². The molecule has 0 saturated carbocycles.